The topological polar surface area (TPSA) is 79.4 Å². The molecular formula is C8H15N3O2S. The van der Waals surface area contributed by atoms with Crippen LogP contribution in [0.2, 0.25) is 0 Å². The Balaban J connectivity index is 2.42. The summed E-state index contributed by atoms with van der Waals surface area (Å²) in [4.78, 5) is 12.3. The highest BCUT2D eigenvalue weighted by Gasteiger charge is 2.26. The monoisotopic (exact) mass is 217 g/mol. The average molecular weight is 217 g/mol. The molecule has 0 aromatic heterocycles. The number of rotatable bonds is 3. The molecule has 1 rings (SSSR count). The van der Waals surface area contributed by atoms with E-state index in [2.05, 4.69) is 12.6 Å². The number of amidine groups is 1. The third-order valence-corrected chi connectivity index (χ3v) is 2.59. The molecule has 0 aromatic carbocycles. The van der Waals surface area contributed by atoms with Crippen molar-refractivity contribution in [1.82, 2.24) is 4.90 Å². The molecule has 5 nitrogen and oxygen atoms in total. The molecule has 1 heterocycles. The predicted molar refractivity (Wildman–Crippen MR) is 56.8 cm³/mol. The molecule has 6 heteroatoms. The molecule has 0 spiro atoms. The van der Waals surface area contributed by atoms with Crippen molar-refractivity contribution in [3.63, 3.8) is 0 Å². The fourth-order valence-electron chi connectivity index (χ4n) is 1.63. The van der Waals surface area contributed by atoms with E-state index >= 15 is 0 Å². The maximum absolute atomic E-state index is 10.4. The Hall–Kier alpha value is -0.910. The Kier molecular flexibility index (Phi) is 4.06. The molecule has 80 valence electrons. The van der Waals surface area contributed by atoms with Gasteiger partial charge >= 0.3 is 6.09 Å². The zero-order valence-electron chi connectivity index (χ0n) is 7.90. The first kappa shape index (κ1) is 11.2. The lowest BCUT2D eigenvalue weighted by Gasteiger charge is -2.25. The van der Waals surface area contributed by atoms with E-state index in [1.807, 2.05) is 4.90 Å². The van der Waals surface area contributed by atoms with E-state index < -0.39 is 6.09 Å². The van der Waals surface area contributed by atoms with Gasteiger partial charge in [0, 0.05) is 12.3 Å². The number of hydrogen-bond donors (Lipinski definition) is 3. The van der Waals surface area contributed by atoms with Crippen LogP contribution < -0.4 is 5.73 Å². The van der Waals surface area contributed by atoms with Crippen LogP contribution in [-0.2, 0) is 4.74 Å². The standard InChI is InChI=1S/C8H15N3O2S/c9-7(5-14)11-3-1-2-6(11)4-13-8(10)12/h6,9,14H,1-5H2,(H2,10,12)/t6-/m0/s1. The molecule has 0 aliphatic carbocycles. The van der Waals surface area contributed by atoms with Crippen LogP contribution in [0.4, 0.5) is 4.79 Å². The zero-order valence-corrected chi connectivity index (χ0v) is 8.80. The summed E-state index contributed by atoms with van der Waals surface area (Å²) in [6, 6.07) is 0.0992. The Labute approximate surface area is 88.5 Å². The Morgan fingerprint density at radius 3 is 3.00 bits per heavy atom. The van der Waals surface area contributed by atoms with Crippen molar-refractivity contribution in [2.75, 3.05) is 18.9 Å². The zero-order chi connectivity index (χ0) is 10.6. The molecule has 1 fully saturated rings. The first-order chi connectivity index (χ1) is 6.65. The number of thiol groups is 1. The normalized spacial score (nSPS) is 20.9. The molecule has 3 N–H and O–H groups in total. The molecule has 0 bridgehead atoms. The average Bonchev–Trinajstić information content (AvgIpc) is 2.61. The van der Waals surface area contributed by atoms with E-state index in [4.69, 9.17) is 15.9 Å². The molecule has 1 saturated heterocycles. The van der Waals surface area contributed by atoms with Crippen molar-refractivity contribution in [2.24, 2.45) is 5.73 Å². The fourth-order valence-corrected chi connectivity index (χ4v) is 1.82. The molecule has 1 atom stereocenters. The van der Waals surface area contributed by atoms with E-state index in [9.17, 15) is 4.79 Å². The lowest BCUT2D eigenvalue weighted by molar-refractivity contribution is 0.132. The minimum atomic E-state index is -0.755. The molecule has 1 aliphatic heterocycles. The number of carbonyl (C=O) groups is 1. The smallest absolute Gasteiger partial charge is 0.404 e. The van der Waals surface area contributed by atoms with Crippen LogP contribution in [0.5, 0.6) is 0 Å². The second-order valence-electron chi connectivity index (χ2n) is 3.22. The van der Waals surface area contributed by atoms with Gasteiger partial charge in [-0.2, -0.15) is 12.6 Å². The van der Waals surface area contributed by atoms with E-state index in [1.54, 1.807) is 0 Å². The lowest BCUT2D eigenvalue weighted by Crippen LogP contribution is -2.39. The van der Waals surface area contributed by atoms with Gasteiger partial charge in [0.1, 0.15) is 12.4 Å². The van der Waals surface area contributed by atoms with Gasteiger partial charge in [0.05, 0.1) is 6.04 Å². The number of nitrogens with zero attached hydrogens (tertiary/aromatic N) is 1. The summed E-state index contributed by atoms with van der Waals surface area (Å²) >= 11 is 4.04. The van der Waals surface area contributed by atoms with Gasteiger partial charge in [-0.25, -0.2) is 4.79 Å². The van der Waals surface area contributed by atoms with Crippen LogP contribution in [-0.4, -0.2) is 41.8 Å². The summed E-state index contributed by atoms with van der Waals surface area (Å²) in [5.41, 5.74) is 4.88. The highest BCUT2D eigenvalue weighted by molar-refractivity contribution is 7.81. The molecule has 0 saturated carbocycles. The SMILES string of the molecule is N=C(CS)N1CCC[C@H]1COC(N)=O. The molecule has 0 aromatic rings. The number of hydrogen-bond acceptors (Lipinski definition) is 4. The molecule has 1 aliphatic rings. The number of primary amides is 1. The van der Waals surface area contributed by atoms with Crippen molar-refractivity contribution < 1.29 is 9.53 Å². The van der Waals surface area contributed by atoms with Crippen molar-refractivity contribution in [2.45, 2.75) is 18.9 Å². The van der Waals surface area contributed by atoms with Crippen LogP contribution in [0.1, 0.15) is 12.8 Å². The third kappa shape index (κ3) is 2.80. The van der Waals surface area contributed by atoms with Crippen molar-refractivity contribution in [3.05, 3.63) is 0 Å². The van der Waals surface area contributed by atoms with Gasteiger partial charge < -0.3 is 15.4 Å². The van der Waals surface area contributed by atoms with Crippen molar-refractivity contribution >= 4 is 24.6 Å². The van der Waals surface area contributed by atoms with Crippen LogP contribution in [0.25, 0.3) is 0 Å². The number of amides is 1. The van der Waals surface area contributed by atoms with E-state index in [0.29, 0.717) is 11.6 Å². The summed E-state index contributed by atoms with van der Waals surface area (Å²) in [7, 11) is 0. The minimum Gasteiger partial charge on any atom is -0.448 e. The lowest BCUT2D eigenvalue weighted by atomic mass is 10.2. The van der Waals surface area contributed by atoms with Gasteiger partial charge in [-0.05, 0) is 12.8 Å². The predicted octanol–water partition coefficient (Wildman–Crippen LogP) is 0.453. The Bertz CT molecular complexity index is 235. The second kappa shape index (κ2) is 5.09. The highest BCUT2D eigenvalue weighted by Crippen LogP contribution is 2.17. The second-order valence-corrected chi connectivity index (χ2v) is 3.54. The first-order valence-corrected chi connectivity index (χ1v) is 5.15. The summed E-state index contributed by atoms with van der Waals surface area (Å²) < 4.78 is 4.73. The number of carbonyl (C=O) groups excluding carboxylic acids is 1. The number of nitrogens with one attached hydrogen (secondary N) is 1. The largest absolute Gasteiger partial charge is 0.448 e. The van der Waals surface area contributed by atoms with Gasteiger partial charge in [0.2, 0.25) is 0 Å². The number of ether oxygens (including phenoxy) is 1. The molecule has 14 heavy (non-hydrogen) atoms. The highest BCUT2D eigenvalue weighted by atomic mass is 32.1. The van der Waals surface area contributed by atoms with Crippen LogP contribution in [0.3, 0.4) is 0 Å². The first-order valence-electron chi connectivity index (χ1n) is 4.52. The fraction of sp³-hybridized carbons (Fsp3) is 0.750. The van der Waals surface area contributed by atoms with Crippen LogP contribution in [0.15, 0.2) is 0 Å². The molecule has 0 unspecified atom stereocenters. The quantitative estimate of drug-likeness (QED) is 0.365. The summed E-state index contributed by atoms with van der Waals surface area (Å²) in [6.07, 6.45) is 1.20. The van der Waals surface area contributed by atoms with E-state index in [1.165, 1.54) is 0 Å². The maximum atomic E-state index is 10.4. The van der Waals surface area contributed by atoms with E-state index in [0.717, 1.165) is 19.4 Å². The maximum Gasteiger partial charge on any atom is 0.404 e. The van der Waals surface area contributed by atoms with Crippen LogP contribution >= 0.6 is 12.6 Å². The van der Waals surface area contributed by atoms with Crippen molar-refractivity contribution in [3.8, 4) is 0 Å². The Morgan fingerprint density at radius 1 is 1.71 bits per heavy atom. The van der Waals surface area contributed by atoms with Gasteiger partial charge in [-0.3, -0.25) is 5.41 Å². The van der Waals surface area contributed by atoms with Gasteiger partial charge in [-0.1, -0.05) is 0 Å². The summed E-state index contributed by atoms with van der Waals surface area (Å²) in [6.45, 7) is 1.11. The summed E-state index contributed by atoms with van der Waals surface area (Å²) in [5.74, 6) is 0.886. The minimum absolute atomic E-state index is 0.0992. The van der Waals surface area contributed by atoms with Gasteiger partial charge in [0.15, 0.2) is 0 Å². The summed E-state index contributed by atoms with van der Waals surface area (Å²) in [5, 5.41) is 7.63. The molecule has 1 amide bonds. The van der Waals surface area contributed by atoms with Crippen molar-refractivity contribution in [1.29, 1.82) is 5.41 Å². The Morgan fingerprint density at radius 2 is 2.43 bits per heavy atom. The molecule has 0 radical (unpaired) electrons. The van der Waals surface area contributed by atoms with Crippen LogP contribution in [0, 0.1) is 5.41 Å². The van der Waals surface area contributed by atoms with Gasteiger partial charge in [-0.15, -0.1) is 0 Å². The van der Waals surface area contributed by atoms with Gasteiger partial charge in [0.25, 0.3) is 0 Å². The third-order valence-electron chi connectivity index (χ3n) is 2.29. The number of nitrogens with two attached hydrogens (primary N) is 1. The molecular weight excluding hydrogens is 202 g/mol. The number of likely N-dealkylation sites (tertiary alicyclic amines) is 1. The van der Waals surface area contributed by atoms with E-state index in [-0.39, 0.29) is 12.6 Å².